The fourth-order valence-electron chi connectivity index (χ4n) is 3.42. The molecule has 28 heavy (non-hydrogen) atoms. The summed E-state index contributed by atoms with van der Waals surface area (Å²) in [6.07, 6.45) is 0. The summed E-state index contributed by atoms with van der Waals surface area (Å²) in [4.78, 5) is 0. The summed E-state index contributed by atoms with van der Waals surface area (Å²) in [5.74, 6) is 0.0332. The highest BCUT2D eigenvalue weighted by Crippen LogP contribution is 2.46. The van der Waals surface area contributed by atoms with E-state index in [1.165, 1.54) is 0 Å². The second-order valence-electron chi connectivity index (χ2n) is 6.64. The van der Waals surface area contributed by atoms with Crippen LogP contribution in [-0.2, 0) is 0 Å². The maximum absolute atomic E-state index is 9.75. The largest absolute Gasteiger partial charge is 0.422 e. The molecular weight excluding hydrogens is 395 g/mol. The number of aromatic nitrogens is 2. The van der Waals surface area contributed by atoms with E-state index in [2.05, 4.69) is 11.2 Å². The number of hydrogen-bond donors (Lipinski definition) is 1. The lowest BCUT2D eigenvalue weighted by molar-refractivity contribution is 0.367. The summed E-state index contributed by atoms with van der Waals surface area (Å²) in [5, 5.41) is 15.4. The van der Waals surface area contributed by atoms with Gasteiger partial charge in [0.05, 0.1) is 22.9 Å². The minimum Gasteiger partial charge on any atom is -0.422 e. The van der Waals surface area contributed by atoms with Gasteiger partial charge in [0.2, 0.25) is 11.8 Å². The van der Waals surface area contributed by atoms with Crippen LogP contribution >= 0.6 is 23.2 Å². The number of hydrogen-bond acceptors (Lipinski definition) is 4. The van der Waals surface area contributed by atoms with Crippen molar-refractivity contribution in [1.82, 2.24) is 9.78 Å². The van der Waals surface area contributed by atoms with E-state index in [0.29, 0.717) is 21.5 Å². The predicted octanol–water partition coefficient (Wildman–Crippen LogP) is 5.01. The van der Waals surface area contributed by atoms with E-state index in [4.69, 9.17) is 33.7 Å². The number of nitrogens with two attached hydrogens (primary N) is 1. The van der Waals surface area contributed by atoms with Crippen molar-refractivity contribution in [3.8, 4) is 17.6 Å². The Kier molecular flexibility index (Phi) is 4.54. The number of nitriles is 1. The number of rotatable bonds is 2. The molecule has 0 saturated heterocycles. The molecule has 1 atom stereocenters. The van der Waals surface area contributed by atoms with Gasteiger partial charge in [-0.15, -0.1) is 0 Å². The van der Waals surface area contributed by atoms with Crippen LogP contribution in [0.4, 0.5) is 0 Å². The molecule has 0 amide bonds. The summed E-state index contributed by atoms with van der Waals surface area (Å²) in [5.41, 5.74) is 10.6. The summed E-state index contributed by atoms with van der Waals surface area (Å²) in [6, 6.07) is 15.3. The third-order valence-electron chi connectivity index (χ3n) is 4.78. The molecule has 3 aromatic rings. The highest BCUT2D eigenvalue weighted by atomic mass is 35.5. The van der Waals surface area contributed by atoms with Gasteiger partial charge < -0.3 is 10.5 Å². The van der Waals surface area contributed by atoms with Crippen LogP contribution in [0.2, 0.25) is 10.0 Å². The first-order valence-corrected chi connectivity index (χ1v) is 9.35. The molecule has 0 aliphatic carbocycles. The van der Waals surface area contributed by atoms with Crippen LogP contribution < -0.4 is 10.5 Å². The predicted molar refractivity (Wildman–Crippen MR) is 109 cm³/mol. The quantitative estimate of drug-likeness (QED) is 0.643. The summed E-state index contributed by atoms with van der Waals surface area (Å²) >= 11 is 12.5. The van der Waals surface area contributed by atoms with Crippen molar-refractivity contribution in [3.63, 3.8) is 0 Å². The second-order valence-corrected chi connectivity index (χ2v) is 7.49. The molecule has 0 radical (unpaired) electrons. The Balaban J connectivity index is 1.96. The van der Waals surface area contributed by atoms with Crippen LogP contribution in [0.3, 0.4) is 0 Å². The van der Waals surface area contributed by atoms with Gasteiger partial charge in [-0.3, -0.25) is 0 Å². The van der Waals surface area contributed by atoms with Gasteiger partial charge in [0.15, 0.2) is 0 Å². The lowest BCUT2D eigenvalue weighted by Gasteiger charge is -2.25. The minimum absolute atomic E-state index is 0.0410. The third-order valence-corrected chi connectivity index (χ3v) is 5.35. The van der Waals surface area contributed by atoms with Gasteiger partial charge in [0.25, 0.3) is 0 Å². The van der Waals surface area contributed by atoms with Crippen molar-refractivity contribution in [2.24, 2.45) is 5.73 Å². The fourth-order valence-corrected chi connectivity index (χ4v) is 3.94. The maximum atomic E-state index is 9.75. The smallest absolute Gasteiger partial charge is 0.229 e. The van der Waals surface area contributed by atoms with Crippen LogP contribution in [0, 0.1) is 25.2 Å². The van der Waals surface area contributed by atoms with Gasteiger partial charge in [-0.1, -0.05) is 47.0 Å². The lowest BCUT2D eigenvalue weighted by Crippen LogP contribution is -2.22. The molecule has 0 fully saturated rings. The Bertz CT molecular complexity index is 1160. The molecule has 0 spiro atoms. The molecule has 0 saturated carbocycles. The van der Waals surface area contributed by atoms with Crippen molar-refractivity contribution >= 4 is 23.2 Å². The monoisotopic (exact) mass is 410 g/mol. The van der Waals surface area contributed by atoms with Gasteiger partial charge in [-0.2, -0.15) is 10.4 Å². The molecule has 7 heteroatoms. The number of nitrogens with zero attached hydrogens (tertiary/aromatic N) is 3. The van der Waals surface area contributed by atoms with E-state index in [1.54, 1.807) is 22.9 Å². The molecule has 2 N–H and O–H groups in total. The molecule has 4 rings (SSSR count). The number of halogens is 2. The number of aryl methyl sites for hydroxylation is 2. The third kappa shape index (κ3) is 2.91. The fraction of sp³-hybridized carbons (Fsp3) is 0.143. The number of benzene rings is 2. The molecule has 1 aliphatic heterocycles. The topological polar surface area (TPSA) is 76.9 Å². The van der Waals surface area contributed by atoms with Gasteiger partial charge in [0.1, 0.15) is 11.6 Å². The molecule has 1 aliphatic rings. The average molecular weight is 411 g/mol. The van der Waals surface area contributed by atoms with Crippen molar-refractivity contribution in [1.29, 1.82) is 5.26 Å². The van der Waals surface area contributed by atoms with Gasteiger partial charge in [-0.25, -0.2) is 4.68 Å². The zero-order valence-electron chi connectivity index (χ0n) is 15.2. The minimum atomic E-state index is -0.488. The van der Waals surface area contributed by atoms with Crippen LogP contribution in [0.15, 0.2) is 53.9 Å². The Morgan fingerprint density at radius 3 is 2.50 bits per heavy atom. The molecule has 0 bridgehead atoms. The van der Waals surface area contributed by atoms with Crippen LogP contribution in [0.5, 0.6) is 5.88 Å². The Labute approximate surface area is 172 Å². The molecule has 1 aromatic heterocycles. The highest BCUT2D eigenvalue weighted by molar-refractivity contribution is 6.35. The first kappa shape index (κ1) is 18.4. The number of ether oxygens (including phenoxy) is 1. The van der Waals surface area contributed by atoms with E-state index >= 15 is 0 Å². The molecule has 2 aromatic carbocycles. The van der Waals surface area contributed by atoms with Gasteiger partial charge in [-0.05, 0) is 43.7 Å². The molecule has 0 unspecified atom stereocenters. The van der Waals surface area contributed by atoms with Gasteiger partial charge in [0, 0.05) is 10.0 Å². The van der Waals surface area contributed by atoms with Crippen molar-refractivity contribution in [3.05, 3.63) is 86.4 Å². The van der Waals surface area contributed by atoms with Crippen molar-refractivity contribution in [2.45, 2.75) is 19.8 Å². The molecule has 5 nitrogen and oxygen atoms in total. The second kappa shape index (κ2) is 6.90. The van der Waals surface area contributed by atoms with E-state index in [1.807, 2.05) is 38.1 Å². The van der Waals surface area contributed by atoms with E-state index < -0.39 is 5.92 Å². The number of allylic oxidation sites excluding steroid dienone is 1. The Morgan fingerprint density at radius 2 is 1.86 bits per heavy atom. The van der Waals surface area contributed by atoms with Gasteiger partial charge >= 0.3 is 0 Å². The molecule has 2 heterocycles. The average Bonchev–Trinajstić information content (AvgIpc) is 2.98. The van der Waals surface area contributed by atoms with Crippen molar-refractivity contribution in [2.75, 3.05) is 0 Å². The van der Waals surface area contributed by atoms with Crippen molar-refractivity contribution < 1.29 is 4.74 Å². The van der Waals surface area contributed by atoms with Crippen LogP contribution in [-0.4, -0.2) is 9.78 Å². The van der Waals surface area contributed by atoms with E-state index in [9.17, 15) is 5.26 Å². The SMILES string of the molecule is Cc1ccc(-n2nc(C)c3c2OC(N)=C(C#N)[C@H]3c2ccc(Cl)cc2Cl)cc1. The molecule has 140 valence electrons. The van der Waals surface area contributed by atoms with E-state index in [0.717, 1.165) is 28.1 Å². The zero-order chi connectivity index (χ0) is 20.0. The maximum Gasteiger partial charge on any atom is 0.229 e. The van der Waals surface area contributed by atoms with Crippen LogP contribution in [0.1, 0.15) is 28.3 Å². The highest BCUT2D eigenvalue weighted by Gasteiger charge is 2.37. The molecular formula is C21H16Cl2N4O. The normalized spacial score (nSPS) is 15.8. The number of fused-ring (bicyclic) bond motifs is 1. The summed E-state index contributed by atoms with van der Waals surface area (Å²) < 4.78 is 7.55. The zero-order valence-corrected chi connectivity index (χ0v) is 16.7. The standard InChI is InChI=1S/C21H16Cl2N4O/c1-11-3-6-14(7-4-11)27-21-18(12(2)26-27)19(16(10-24)20(25)28-21)15-8-5-13(22)9-17(15)23/h3-9,19H,25H2,1-2H3/t19-/m1/s1. The summed E-state index contributed by atoms with van der Waals surface area (Å²) in [6.45, 7) is 3.89. The first-order chi connectivity index (χ1) is 13.4. The van der Waals surface area contributed by atoms with E-state index in [-0.39, 0.29) is 5.88 Å². The Morgan fingerprint density at radius 1 is 1.14 bits per heavy atom. The Hall–Kier alpha value is -2.94. The summed E-state index contributed by atoms with van der Waals surface area (Å²) in [7, 11) is 0. The lowest BCUT2D eigenvalue weighted by atomic mass is 9.84. The first-order valence-electron chi connectivity index (χ1n) is 8.59. The van der Waals surface area contributed by atoms with Crippen LogP contribution in [0.25, 0.3) is 5.69 Å².